The fourth-order valence-corrected chi connectivity index (χ4v) is 0.557. The number of hydrogen-bond donors (Lipinski definition) is 2. The Kier molecular flexibility index (Phi) is 13.4. The molecule has 1 fully saturated rings. The predicted molar refractivity (Wildman–Crippen MR) is 57.6 cm³/mol. The molecule has 6 nitrogen and oxygen atoms in total. The summed E-state index contributed by atoms with van der Waals surface area (Å²) < 4.78 is 9.08. The van der Waals surface area contributed by atoms with E-state index in [-0.39, 0.29) is 0 Å². The summed E-state index contributed by atoms with van der Waals surface area (Å²) in [7, 11) is 0. The summed E-state index contributed by atoms with van der Waals surface area (Å²) in [6.45, 7) is 7.75. The molecule has 0 aromatic heterocycles. The highest BCUT2D eigenvalue weighted by molar-refractivity contribution is 5.59. The highest BCUT2D eigenvalue weighted by Gasteiger charge is 2.06. The smallest absolute Gasteiger partial charge is 0.450 e. The number of cyclic esters (lactones) is 2. The second kappa shape index (κ2) is 13.0. The predicted octanol–water partition coefficient (Wildman–Crippen LogP) is 2.51. The van der Waals surface area contributed by atoms with Gasteiger partial charge in [0.2, 0.25) is 0 Å². The summed E-state index contributed by atoms with van der Waals surface area (Å²) >= 11 is 0. The monoisotopic (exact) mass is 232 g/mol. The Labute approximate surface area is 93.8 Å². The molecule has 16 heavy (non-hydrogen) atoms. The zero-order valence-corrected chi connectivity index (χ0v) is 8.92. The first kappa shape index (κ1) is 16.4. The van der Waals surface area contributed by atoms with Crippen LogP contribution < -0.4 is 0 Å². The molecule has 0 aromatic carbocycles. The van der Waals surface area contributed by atoms with E-state index in [4.69, 9.17) is 15.0 Å². The van der Waals surface area contributed by atoms with Gasteiger partial charge < -0.3 is 19.7 Å². The lowest BCUT2D eigenvalue weighted by atomic mass is 10.3. The second-order valence-electron chi connectivity index (χ2n) is 2.41. The van der Waals surface area contributed by atoms with Crippen LogP contribution in [0.2, 0.25) is 0 Å². The van der Waals surface area contributed by atoms with Crippen LogP contribution in [0.15, 0.2) is 25.3 Å². The summed E-state index contributed by atoms with van der Waals surface area (Å²) in [5, 5.41) is 13.9. The van der Waals surface area contributed by atoms with Gasteiger partial charge in [0.15, 0.2) is 0 Å². The molecule has 1 aliphatic heterocycles. The van der Waals surface area contributed by atoms with Gasteiger partial charge in [-0.05, 0) is 12.8 Å². The molecule has 0 atom stereocenters. The van der Waals surface area contributed by atoms with Gasteiger partial charge in [0, 0.05) is 0 Å². The van der Waals surface area contributed by atoms with E-state index in [1.807, 2.05) is 0 Å². The lowest BCUT2D eigenvalue weighted by Gasteiger charge is -1.94. The molecule has 1 aliphatic rings. The quantitative estimate of drug-likeness (QED) is 0.533. The number of allylic oxidation sites excluding steroid dienone is 2. The van der Waals surface area contributed by atoms with Gasteiger partial charge in [-0.25, -0.2) is 9.59 Å². The summed E-state index contributed by atoms with van der Waals surface area (Å²) in [5.41, 5.74) is 0. The summed E-state index contributed by atoms with van der Waals surface area (Å²) in [6, 6.07) is 0. The van der Waals surface area contributed by atoms with Crippen LogP contribution in [0.25, 0.3) is 0 Å². The van der Waals surface area contributed by atoms with Crippen LogP contribution in [0.3, 0.4) is 0 Å². The molecule has 92 valence electrons. The van der Waals surface area contributed by atoms with Gasteiger partial charge in [-0.3, -0.25) is 0 Å². The van der Waals surface area contributed by atoms with Gasteiger partial charge in [0.05, 0.1) is 13.2 Å². The minimum absolute atomic E-state index is 0.513. The molecule has 0 aliphatic carbocycles. The average Bonchev–Trinajstić information content (AvgIpc) is 2.45. The Bertz CT molecular complexity index is 203. The number of carbonyl (C=O) groups excluding carboxylic acids is 1. The fraction of sp³-hybridized carbons (Fsp3) is 0.400. The van der Waals surface area contributed by atoms with Crippen LogP contribution >= 0.6 is 0 Å². The molecule has 2 N–H and O–H groups in total. The molecule has 1 saturated heterocycles. The van der Waals surface area contributed by atoms with Crippen molar-refractivity contribution < 1.29 is 29.3 Å². The van der Waals surface area contributed by atoms with Crippen LogP contribution in [0, 0.1) is 0 Å². The molecule has 0 amide bonds. The van der Waals surface area contributed by atoms with Crippen LogP contribution in [0.1, 0.15) is 12.8 Å². The topological polar surface area (TPSA) is 93.1 Å². The zero-order valence-electron chi connectivity index (χ0n) is 8.92. The van der Waals surface area contributed by atoms with E-state index >= 15 is 0 Å². The molecule has 0 bridgehead atoms. The largest absolute Gasteiger partial charge is 0.508 e. The first-order valence-electron chi connectivity index (χ1n) is 4.49. The van der Waals surface area contributed by atoms with E-state index in [2.05, 4.69) is 22.6 Å². The molecule has 6 heteroatoms. The standard InChI is InChI=1S/C5H8O3.C4H6.CH2O3/c6-5-7-3-1-2-4-8-5;1-3-4-2;2-1(3)4/h1-4H2;3-4H,1-2H2;(H2,2,3,4). The van der Waals surface area contributed by atoms with Gasteiger partial charge in [-0.15, -0.1) is 0 Å². The van der Waals surface area contributed by atoms with E-state index in [0.29, 0.717) is 13.2 Å². The maximum absolute atomic E-state index is 10.2. The maximum atomic E-state index is 10.2. The van der Waals surface area contributed by atoms with E-state index in [1.54, 1.807) is 12.2 Å². The Morgan fingerprint density at radius 1 is 1.12 bits per heavy atom. The van der Waals surface area contributed by atoms with E-state index in [0.717, 1.165) is 12.8 Å². The molecule has 0 spiro atoms. The number of rotatable bonds is 1. The Morgan fingerprint density at radius 3 is 1.69 bits per heavy atom. The minimum Gasteiger partial charge on any atom is -0.450 e. The summed E-state index contributed by atoms with van der Waals surface area (Å²) in [4.78, 5) is 18.8. The van der Waals surface area contributed by atoms with Crippen LogP contribution in [0.4, 0.5) is 9.59 Å². The second-order valence-corrected chi connectivity index (χ2v) is 2.41. The van der Waals surface area contributed by atoms with Crippen LogP contribution in [0.5, 0.6) is 0 Å². The van der Waals surface area contributed by atoms with Crippen LogP contribution in [-0.4, -0.2) is 35.7 Å². The molecule has 1 rings (SSSR count). The first-order chi connectivity index (χ1) is 7.54. The van der Waals surface area contributed by atoms with Crippen molar-refractivity contribution in [3.63, 3.8) is 0 Å². The van der Waals surface area contributed by atoms with Crippen LogP contribution in [-0.2, 0) is 9.47 Å². The van der Waals surface area contributed by atoms with Gasteiger partial charge in [-0.2, -0.15) is 0 Å². The summed E-state index contributed by atoms with van der Waals surface area (Å²) in [5.74, 6) is 0. The molecule has 1 heterocycles. The molecular formula is C10H16O6. The van der Waals surface area contributed by atoms with Crippen molar-refractivity contribution in [1.29, 1.82) is 0 Å². The highest BCUT2D eigenvalue weighted by atomic mass is 16.7. The van der Waals surface area contributed by atoms with Crippen molar-refractivity contribution in [3.8, 4) is 0 Å². The normalized spacial score (nSPS) is 13.1. The van der Waals surface area contributed by atoms with Gasteiger partial charge >= 0.3 is 12.3 Å². The van der Waals surface area contributed by atoms with Crippen molar-refractivity contribution in [3.05, 3.63) is 25.3 Å². The fourth-order valence-electron chi connectivity index (χ4n) is 0.557. The average molecular weight is 232 g/mol. The van der Waals surface area contributed by atoms with Gasteiger partial charge in [-0.1, -0.05) is 25.3 Å². The Balaban J connectivity index is 0. The number of carboxylic acid groups (broad SMARTS) is 2. The van der Waals surface area contributed by atoms with Crippen molar-refractivity contribution in [2.45, 2.75) is 12.8 Å². The van der Waals surface area contributed by atoms with Crippen molar-refractivity contribution in [2.75, 3.05) is 13.2 Å². The highest BCUT2D eigenvalue weighted by Crippen LogP contribution is 1.99. The third kappa shape index (κ3) is 22.7. The number of hydrogen-bond acceptors (Lipinski definition) is 4. The molecule has 0 radical (unpaired) electrons. The summed E-state index contributed by atoms with van der Waals surface area (Å²) in [6.07, 6.45) is 2.76. The van der Waals surface area contributed by atoms with Crippen molar-refractivity contribution >= 4 is 12.3 Å². The molecule has 0 unspecified atom stereocenters. The Morgan fingerprint density at radius 2 is 1.44 bits per heavy atom. The lowest BCUT2D eigenvalue weighted by molar-refractivity contribution is 0.0728. The minimum atomic E-state index is -1.83. The maximum Gasteiger partial charge on any atom is 0.508 e. The number of ether oxygens (including phenoxy) is 2. The van der Waals surface area contributed by atoms with Crippen molar-refractivity contribution in [2.24, 2.45) is 0 Å². The molecular weight excluding hydrogens is 216 g/mol. The Hall–Kier alpha value is -1.98. The molecule has 0 aromatic rings. The van der Waals surface area contributed by atoms with Gasteiger partial charge in [0.1, 0.15) is 0 Å². The SMILES string of the molecule is C=CC=C.O=C(O)O.O=C1OCCCCO1. The third-order valence-corrected chi connectivity index (χ3v) is 1.15. The third-order valence-electron chi connectivity index (χ3n) is 1.15. The first-order valence-corrected chi connectivity index (χ1v) is 4.49. The zero-order chi connectivity index (χ0) is 12.8. The van der Waals surface area contributed by atoms with Crippen molar-refractivity contribution in [1.82, 2.24) is 0 Å². The van der Waals surface area contributed by atoms with E-state index in [1.165, 1.54) is 0 Å². The lowest BCUT2D eigenvalue weighted by Crippen LogP contribution is -2.02. The number of carbonyl (C=O) groups is 2. The van der Waals surface area contributed by atoms with E-state index in [9.17, 15) is 4.79 Å². The molecule has 0 saturated carbocycles. The van der Waals surface area contributed by atoms with Gasteiger partial charge in [0.25, 0.3) is 0 Å². The van der Waals surface area contributed by atoms with E-state index < -0.39 is 12.3 Å².